The number of thiophene rings is 1. The molecule has 1 aromatic carbocycles. The molecule has 1 aromatic heterocycles. The Labute approximate surface area is 175 Å². The molecule has 1 amide bonds. The van der Waals surface area contributed by atoms with Gasteiger partial charge in [0, 0.05) is 4.88 Å². The van der Waals surface area contributed by atoms with Gasteiger partial charge < -0.3 is 10.1 Å². The number of nitrogens with one attached hydrogen (secondary N) is 1. The number of esters is 1. The highest BCUT2D eigenvalue weighted by molar-refractivity contribution is 7.16. The summed E-state index contributed by atoms with van der Waals surface area (Å²) < 4.78 is 5.11. The predicted octanol–water partition coefficient (Wildman–Crippen LogP) is 4.87. The number of anilines is 1. The summed E-state index contributed by atoms with van der Waals surface area (Å²) in [6.07, 6.45) is 2.83. The number of amides is 1. The van der Waals surface area contributed by atoms with Crippen molar-refractivity contribution in [2.45, 2.75) is 47.0 Å². The molecule has 6 heteroatoms. The minimum Gasteiger partial charge on any atom is -0.452 e. The Kier molecular flexibility index (Phi) is 6.09. The molecule has 0 spiro atoms. The lowest BCUT2D eigenvalue weighted by Crippen LogP contribution is -2.26. The quantitative estimate of drug-likeness (QED) is 0.729. The third-order valence-corrected chi connectivity index (χ3v) is 6.65. The van der Waals surface area contributed by atoms with E-state index in [0.717, 1.165) is 30.4 Å². The van der Waals surface area contributed by atoms with Gasteiger partial charge in [0.15, 0.2) is 6.61 Å². The summed E-state index contributed by atoms with van der Waals surface area (Å²) in [6, 6.07) is 9.22. The lowest BCUT2D eigenvalue weighted by Gasteiger charge is -2.33. The van der Waals surface area contributed by atoms with E-state index in [9.17, 15) is 14.9 Å². The highest BCUT2D eigenvalue weighted by Crippen LogP contribution is 2.43. The Bertz CT molecular complexity index is 962. The molecule has 1 N–H and O–H groups in total. The van der Waals surface area contributed by atoms with Crippen molar-refractivity contribution in [3.05, 3.63) is 51.4 Å². The van der Waals surface area contributed by atoms with Gasteiger partial charge in [0.1, 0.15) is 11.1 Å². The standard InChI is InChI=1S/C23H26N2O3S/c1-14-5-7-15(8-6-14)22(27)28-13-20(26)25-21-18(12-24)17-10-9-16(23(2,3)4)11-19(17)29-21/h5-8,16H,9-11,13H2,1-4H3,(H,25,26). The summed E-state index contributed by atoms with van der Waals surface area (Å²) in [4.78, 5) is 25.6. The zero-order valence-electron chi connectivity index (χ0n) is 17.3. The van der Waals surface area contributed by atoms with Crippen LogP contribution in [0.15, 0.2) is 24.3 Å². The van der Waals surface area contributed by atoms with Crippen LogP contribution in [0, 0.1) is 29.6 Å². The van der Waals surface area contributed by atoms with Gasteiger partial charge in [0.05, 0.1) is 11.1 Å². The third kappa shape index (κ3) is 4.86. The van der Waals surface area contributed by atoms with E-state index in [1.165, 1.54) is 16.2 Å². The number of carbonyl (C=O) groups is 2. The third-order valence-electron chi connectivity index (χ3n) is 5.48. The lowest BCUT2D eigenvalue weighted by molar-refractivity contribution is -0.119. The van der Waals surface area contributed by atoms with E-state index < -0.39 is 11.9 Å². The minimum absolute atomic E-state index is 0.210. The monoisotopic (exact) mass is 410 g/mol. The van der Waals surface area contributed by atoms with Gasteiger partial charge in [-0.2, -0.15) is 5.26 Å². The lowest BCUT2D eigenvalue weighted by atomic mass is 9.72. The molecule has 0 bridgehead atoms. The number of rotatable bonds is 4. The molecule has 2 aromatic rings. The van der Waals surface area contributed by atoms with Gasteiger partial charge >= 0.3 is 5.97 Å². The first kappa shape index (κ1) is 21.1. The van der Waals surface area contributed by atoms with Gasteiger partial charge in [-0.15, -0.1) is 11.3 Å². The van der Waals surface area contributed by atoms with E-state index in [-0.39, 0.29) is 12.0 Å². The SMILES string of the molecule is Cc1ccc(C(=O)OCC(=O)Nc2sc3c(c2C#N)CCC(C(C)(C)C)C3)cc1. The molecule has 152 valence electrons. The van der Waals surface area contributed by atoms with Crippen LogP contribution in [0.5, 0.6) is 0 Å². The van der Waals surface area contributed by atoms with E-state index in [1.807, 2.05) is 19.1 Å². The van der Waals surface area contributed by atoms with Gasteiger partial charge in [-0.05, 0) is 55.2 Å². The Morgan fingerprint density at radius 1 is 1.28 bits per heavy atom. The van der Waals surface area contributed by atoms with Crippen molar-refractivity contribution in [3.63, 3.8) is 0 Å². The molecule has 0 saturated carbocycles. The number of nitrogens with zero attached hydrogens (tertiary/aromatic N) is 1. The average molecular weight is 411 g/mol. The predicted molar refractivity (Wildman–Crippen MR) is 114 cm³/mol. The van der Waals surface area contributed by atoms with Crippen molar-refractivity contribution < 1.29 is 14.3 Å². The molecule has 1 unspecified atom stereocenters. The Morgan fingerprint density at radius 2 is 1.97 bits per heavy atom. The number of ether oxygens (including phenoxy) is 1. The molecule has 3 rings (SSSR count). The van der Waals surface area contributed by atoms with Crippen LogP contribution in [-0.2, 0) is 22.4 Å². The van der Waals surface area contributed by atoms with Crippen LogP contribution in [0.4, 0.5) is 5.00 Å². The molecule has 0 radical (unpaired) electrons. The fourth-order valence-electron chi connectivity index (χ4n) is 3.60. The summed E-state index contributed by atoms with van der Waals surface area (Å²) in [7, 11) is 0. The Hall–Kier alpha value is -2.65. The van der Waals surface area contributed by atoms with Gasteiger partial charge in [-0.25, -0.2) is 4.79 Å². The topological polar surface area (TPSA) is 79.2 Å². The molecule has 5 nitrogen and oxygen atoms in total. The Balaban J connectivity index is 1.65. The molecular weight excluding hydrogens is 384 g/mol. The van der Waals surface area contributed by atoms with E-state index >= 15 is 0 Å². The second-order valence-electron chi connectivity index (χ2n) is 8.62. The molecular formula is C23H26N2O3S. The second-order valence-corrected chi connectivity index (χ2v) is 9.72. The molecule has 1 aliphatic carbocycles. The number of fused-ring (bicyclic) bond motifs is 1. The van der Waals surface area contributed by atoms with Crippen LogP contribution in [-0.4, -0.2) is 18.5 Å². The summed E-state index contributed by atoms with van der Waals surface area (Å²) in [5.74, 6) is -0.425. The van der Waals surface area contributed by atoms with Crippen molar-refractivity contribution in [1.29, 1.82) is 5.26 Å². The van der Waals surface area contributed by atoms with Gasteiger partial charge in [-0.1, -0.05) is 38.5 Å². The normalized spacial score (nSPS) is 15.9. The summed E-state index contributed by atoms with van der Waals surface area (Å²) >= 11 is 1.47. The molecule has 0 aliphatic heterocycles. The summed E-state index contributed by atoms with van der Waals surface area (Å²) in [5.41, 5.74) is 3.27. The van der Waals surface area contributed by atoms with Gasteiger partial charge in [0.25, 0.3) is 5.91 Å². The maximum absolute atomic E-state index is 12.3. The Morgan fingerprint density at radius 3 is 2.59 bits per heavy atom. The highest BCUT2D eigenvalue weighted by atomic mass is 32.1. The number of benzene rings is 1. The van der Waals surface area contributed by atoms with Crippen molar-refractivity contribution in [2.24, 2.45) is 11.3 Å². The molecule has 1 atom stereocenters. The van der Waals surface area contributed by atoms with E-state index in [4.69, 9.17) is 4.74 Å². The van der Waals surface area contributed by atoms with Crippen LogP contribution >= 0.6 is 11.3 Å². The van der Waals surface area contributed by atoms with Crippen molar-refractivity contribution >= 4 is 28.2 Å². The fraction of sp³-hybridized carbons (Fsp3) is 0.435. The smallest absolute Gasteiger partial charge is 0.338 e. The number of carbonyl (C=O) groups excluding carboxylic acids is 2. The van der Waals surface area contributed by atoms with Gasteiger partial charge in [0.2, 0.25) is 0 Å². The van der Waals surface area contributed by atoms with Crippen molar-refractivity contribution in [1.82, 2.24) is 0 Å². The highest BCUT2D eigenvalue weighted by Gasteiger charge is 2.32. The summed E-state index contributed by atoms with van der Waals surface area (Å²) in [6.45, 7) is 8.27. The second kappa shape index (κ2) is 8.38. The molecule has 0 fully saturated rings. The van der Waals surface area contributed by atoms with Crippen LogP contribution < -0.4 is 5.32 Å². The van der Waals surface area contributed by atoms with E-state index in [0.29, 0.717) is 22.0 Å². The number of aryl methyl sites for hydroxylation is 1. The first-order valence-electron chi connectivity index (χ1n) is 9.77. The zero-order valence-corrected chi connectivity index (χ0v) is 18.1. The maximum atomic E-state index is 12.3. The number of hydrogen-bond acceptors (Lipinski definition) is 5. The first-order valence-corrected chi connectivity index (χ1v) is 10.6. The average Bonchev–Trinajstić information content (AvgIpc) is 3.02. The van der Waals surface area contributed by atoms with Crippen LogP contribution in [0.3, 0.4) is 0 Å². The maximum Gasteiger partial charge on any atom is 0.338 e. The number of hydrogen-bond donors (Lipinski definition) is 1. The van der Waals surface area contributed by atoms with E-state index in [1.54, 1.807) is 12.1 Å². The zero-order chi connectivity index (χ0) is 21.2. The van der Waals surface area contributed by atoms with Crippen LogP contribution in [0.25, 0.3) is 0 Å². The molecule has 1 aliphatic rings. The first-order chi connectivity index (χ1) is 13.7. The van der Waals surface area contributed by atoms with Crippen molar-refractivity contribution in [3.8, 4) is 6.07 Å². The number of nitriles is 1. The van der Waals surface area contributed by atoms with Crippen LogP contribution in [0.1, 0.15) is 59.1 Å². The van der Waals surface area contributed by atoms with Gasteiger partial charge in [-0.3, -0.25) is 4.79 Å². The summed E-state index contributed by atoms with van der Waals surface area (Å²) in [5, 5.41) is 12.9. The van der Waals surface area contributed by atoms with Crippen LogP contribution in [0.2, 0.25) is 0 Å². The largest absolute Gasteiger partial charge is 0.452 e. The minimum atomic E-state index is -0.542. The molecule has 1 heterocycles. The van der Waals surface area contributed by atoms with E-state index in [2.05, 4.69) is 32.2 Å². The fourth-order valence-corrected chi connectivity index (χ4v) is 4.89. The van der Waals surface area contributed by atoms with Crippen molar-refractivity contribution in [2.75, 3.05) is 11.9 Å². The molecule has 29 heavy (non-hydrogen) atoms. The molecule has 0 saturated heterocycles.